The molecule has 0 atom stereocenters. The highest BCUT2D eigenvalue weighted by molar-refractivity contribution is 6.23. The van der Waals surface area contributed by atoms with Gasteiger partial charge >= 0.3 is 0 Å². The van der Waals surface area contributed by atoms with Gasteiger partial charge in [0.05, 0.1) is 0 Å². The van der Waals surface area contributed by atoms with E-state index in [1.807, 2.05) is 13.0 Å². The van der Waals surface area contributed by atoms with Crippen LogP contribution in [0.5, 0.6) is 0 Å². The van der Waals surface area contributed by atoms with E-state index in [9.17, 15) is 0 Å². The molecule has 0 aliphatic rings. The summed E-state index contributed by atoms with van der Waals surface area (Å²) in [6.07, 6.45) is 6.17. The minimum absolute atomic E-state index is 1.15. The molecule has 0 saturated heterocycles. The van der Waals surface area contributed by atoms with E-state index in [4.69, 9.17) is 0 Å². The number of hydrogen-bond donors (Lipinski definition) is 0. The third kappa shape index (κ3) is 3.47. The lowest BCUT2D eigenvalue weighted by molar-refractivity contribution is 1.59. The molecule has 0 bridgehead atoms. The maximum Gasteiger partial charge on any atom is -0.00201 e. The van der Waals surface area contributed by atoms with Crippen LogP contribution in [0.25, 0.3) is 66.7 Å². The first-order valence-electron chi connectivity index (χ1n) is 12.1. The predicted molar refractivity (Wildman–Crippen MR) is 155 cm³/mol. The number of hydrogen-bond acceptors (Lipinski definition) is 0. The van der Waals surface area contributed by atoms with Gasteiger partial charge in [-0.1, -0.05) is 128 Å². The van der Waals surface area contributed by atoms with Crippen LogP contribution >= 0.6 is 0 Å². The van der Waals surface area contributed by atoms with Crippen LogP contribution in [0.1, 0.15) is 18.1 Å². The highest BCUT2D eigenvalue weighted by atomic mass is 14.2. The molecule has 0 heteroatoms. The molecule has 6 aromatic rings. The summed E-state index contributed by atoms with van der Waals surface area (Å²) in [4.78, 5) is 0. The molecule has 0 radical (unpaired) electrons. The van der Waals surface area contributed by atoms with Gasteiger partial charge in [-0.05, 0) is 78.7 Å². The quantitative estimate of drug-likeness (QED) is 0.236. The van der Waals surface area contributed by atoms with Crippen LogP contribution in [0.4, 0.5) is 0 Å². The van der Waals surface area contributed by atoms with Crippen molar-refractivity contribution in [1.82, 2.24) is 0 Å². The first-order valence-corrected chi connectivity index (χ1v) is 12.1. The highest BCUT2D eigenvalue weighted by Crippen LogP contribution is 2.45. The Morgan fingerprint density at radius 1 is 0.543 bits per heavy atom. The molecular formula is C35H26. The number of rotatable bonds is 4. The van der Waals surface area contributed by atoms with Gasteiger partial charge in [0.25, 0.3) is 0 Å². The summed E-state index contributed by atoms with van der Waals surface area (Å²) in [7, 11) is 0. The summed E-state index contributed by atoms with van der Waals surface area (Å²) < 4.78 is 0. The maximum atomic E-state index is 4.08. The van der Waals surface area contributed by atoms with Crippen LogP contribution in [-0.2, 0) is 0 Å². The molecule has 0 N–H and O–H groups in total. The monoisotopic (exact) mass is 446 g/mol. The van der Waals surface area contributed by atoms with Gasteiger partial charge in [0.2, 0.25) is 0 Å². The van der Waals surface area contributed by atoms with Crippen LogP contribution < -0.4 is 0 Å². The average molecular weight is 447 g/mol. The zero-order chi connectivity index (χ0) is 23.8. The van der Waals surface area contributed by atoms with E-state index in [0.717, 1.165) is 5.56 Å². The Bertz CT molecular complexity index is 1700. The van der Waals surface area contributed by atoms with Crippen molar-refractivity contribution in [2.45, 2.75) is 6.92 Å². The van der Waals surface area contributed by atoms with Crippen LogP contribution in [0.2, 0.25) is 0 Å². The van der Waals surface area contributed by atoms with Crippen LogP contribution in [-0.4, -0.2) is 0 Å². The molecule has 0 fully saturated rings. The summed E-state index contributed by atoms with van der Waals surface area (Å²) in [5, 5.41) is 7.62. The van der Waals surface area contributed by atoms with Crippen molar-refractivity contribution in [2.75, 3.05) is 0 Å². The van der Waals surface area contributed by atoms with Crippen LogP contribution in [0.15, 0.2) is 122 Å². The van der Waals surface area contributed by atoms with Crippen molar-refractivity contribution in [3.05, 3.63) is 133 Å². The topological polar surface area (TPSA) is 0 Å². The standard InChI is InChI=1S/C35H26/c1-3-12-25-21-22-27(23-24(25)4-2)34-30-16-7-9-18-32(30)35(33-19-10-8-17-31(33)34)29-20-11-14-26-13-5-6-15-28(26)29/h3-23H,2H2,1H3/b12-3-. The Hall–Kier alpha value is -4.42. The molecule has 35 heavy (non-hydrogen) atoms. The largest absolute Gasteiger partial charge is 0.0984 e. The molecule has 6 aromatic carbocycles. The second-order valence-electron chi connectivity index (χ2n) is 8.92. The van der Waals surface area contributed by atoms with Crippen LogP contribution in [0.3, 0.4) is 0 Å². The normalized spacial score (nSPS) is 11.6. The van der Waals surface area contributed by atoms with E-state index in [1.165, 1.54) is 60.1 Å². The van der Waals surface area contributed by atoms with E-state index < -0.39 is 0 Å². The van der Waals surface area contributed by atoms with E-state index in [1.54, 1.807) is 0 Å². The Balaban J connectivity index is 1.76. The van der Waals surface area contributed by atoms with Gasteiger partial charge in [0, 0.05) is 0 Å². The Morgan fingerprint density at radius 3 is 1.74 bits per heavy atom. The zero-order valence-electron chi connectivity index (χ0n) is 19.8. The summed E-state index contributed by atoms with van der Waals surface area (Å²) in [6.45, 7) is 6.13. The Labute approximate surface area is 206 Å². The number of allylic oxidation sites excluding steroid dienone is 1. The molecule has 0 amide bonds. The molecule has 0 saturated carbocycles. The van der Waals surface area contributed by atoms with Gasteiger partial charge in [-0.2, -0.15) is 0 Å². The molecule has 166 valence electrons. The second kappa shape index (κ2) is 8.74. The predicted octanol–water partition coefficient (Wildman–Crippen LogP) is 10.2. The molecule has 0 spiro atoms. The maximum absolute atomic E-state index is 4.08. The van der Waals surface area contributed by atoms with E-state index in [0.29, 0.717) is 0 Å². The molecule has 0 aromatic heterocycles. The second-order valence-corrected chi connectivity index (χ2v) is 8.92. The fourth-order valence-corrected chi connectivity index (χ4v) is 5.41. The number of fused-ring (bicyclic) bond motifs is 3. The zero-order valence-corrected chi connectivity index (χ0v) is 19.8. The van der Waals surface area contributed by atoms with Gasteiger partial charge in [-0.25, -0.2) is 0 Å². The first kappa shape index (κ1) is 21.1. The summed E-state index contributed by atoms with van der Waals surface area (Å²) in [5.41, 5.74) is 7.39. The highest BCUT2D eigenvalue weighted by Gasteiger charge is 2.18. The Kier molecular flexibility index (Phi) is 5.28. The van der Waals surface area contributed by atoms with Gasteiger partial charge < -0.3 is 0 Å². The minimum atomic E-state index is 1.15. The van der Waals surface area contributed by atoms with Gasteiger partial charge in [-0.3, -0.25) is 0 Å². The smallest absolute Gasteiger partial charge is 0.00201 e. The third-order valence-corrected chi connectivity index (χ3v) is 6.93. The van der Waals surface area contributed by atoms with Crippen LogP contribution in [0, 0.1) is 0 Å². The van der Waals surface area contributed by atoms with Gasteiger partial charge in [0.1, 0.15) is 0 Å². The fourth-order valence-electron chi connectivity index (χ4n) is 5.41. The van der Waals surface area contributed by atoms with E-state index in [-0.39, 0.29) is 0 Å². The lowest BCUT2D eigenvalue weighted by Gasteiger charge is -2.19. The molecule has 0 aliphatic carbocycles. The Morgan fingerprint density at radius 2 is 1.11 bits per heavy atom. The van der Waals surface area contributed by atoms with Gasteiger partial charge in [0.15, 0.2) is 0 Å². The third-order valence-electron chi connectivity index (χ3n) is 6.93. The van der Waals surface area contributed by atoms with Crippen molar-refractivity contribution in [3.63, 3.8) is 0 Å². The molecule has 0 heterocycles. The van der Waals surface area contributed by atoms with Gasteiger partial charge in [-0.15, -0.1) is 0 Å². The minimum Gasteiger partial charge on any atom is -0.0984 e. The van der Waals surface area contributed by atoms with Crippen molar-refractivity contribution in [3.8, 4) is 22.3 Å². The lowest BCUT2D eigenvalue weighted by Crippen LogP contribution is -1.92. The molecular weight excluding hydrogens is 420 g/mol. The molecule has 0 nitrogen and oxygen atoms in total. The summed E-state index contributed by atoms with van der Waals surface area (Å²) >= 11 is 0. The fraction of sp³-hybridized carbons (Fsp3) is 0.0286. The number of benzene rings is 6. The molecule has 0 unspecified atom stereocenters. The summed E-state index contributed by atoms with van der Waals surface area (Å²) in [6, 6.07) is 39.7. The summed E-state index contributed by atoms with van der Waals surface area (Å²) in [5.74, 6) is 0. The van der Waals surface area contributed by atoms with Crippen molar-refractivity contribution >= 4 is 44.5 Å². The first-order chi connectivity index (χ1) is 17.3. The molecule has 0 aliphatic heterocycles. The van der Waals surface area contributed by atoms with Crippen molar-refractivity contribution < 1.29 is 0 Å². The molecule has 6 rings (SSSR count). The lowest BCUT2D eigenvalue weighted by atomic mass is 9.84. The van der Waals surface area contributed by atoms with Crippen molar-refractivity contribution in [1.29, 1.82) is 0 Å². The SMILES string of the molecule is C=Cc1cc(-c2c3ccccc3c(-c3cccc4ccccc34)c3ccccc23)ccc1/C=C\C. The van der Waals surface area contributed by atoms with E-state index >= 15 is 0 Å². The van der Waals surface area contributed by atoms with E-state index in [2.05, 4.69) is 128 Å². The average Bonchev–Trinajstić information content (AvgIpc) is 2.92. The van der Waals surface area contributed by atoms with Crippen molar-refractivity contribution in [2.24, 2.45) is 0 Å².